The Hall–Kier alpha value is -1.81. The topological polar surface area (TPSA) is 41.6 Å². The zero-order valence-corrected chi connectivity index (χ0v) is 12.1. The van der Waals surface area contributed by atoms with Gasteiger partial charge in [-0.25, -0.2) is 0 Å². The molecule has 0 radical (unpaired) electrons. The van der Waals surface area contributed by atoms with E-state index in [0.29, 0.717) is 6.04 Å². The Balaban J connectivity index is 1.98. The third-order valence-electron chi connectivity index (χ3n) is 3.48. The van der Waals surface area contributed by atoms with Gasteiger partial charge >= 0.3 is 0 Å². The van der Waals surface area contributed by atoms with Gasteiger partial charge in [-0.15, -0.1) is 0 Å². The minimum Gasteiger partial charge on any atom is -0.497 e. The molecule has 20 heavy (non-hydrogen) atoms. The average Bonchev–Trinajstić information content (AvgIpc) is 2.43. The molecule has 0 atom stereocenters. The molecule has 1 saturated heterocycles. The highest BCUT2D eigenvalue weighted by atomic mass is 16.5. The molecule has 1 aromatic carbocycles. The Morgan fingerprint density at radius 3 is 2.60 bits per heavy atom. The SMILES string of the molecule is CCCN(C(=O)C=Cc1ccc(OC)cc1)C1CNC1. The number of ether oxygens (including phenoxy) is 1. The first-order chi connectivity index (χ1) is 9.74. The van der Waals surface area contributed by atoms with Gasteiger partial charge < -0.3 is 15.0 Å². The highest BCUT2D eigenvalue weighted by Gasteiger charge is 2.26. The fraction of sp³-hybridized carbons (Fsp3) is 0.438. The van der Waals surface area contributed by atoms with Crippen molar-refractivity contribution >= 4 is 12.0 Å². The predicted octanol–water partition coefficient (Wildman–Crippen LogP) is 1.92. The summed E-state index contributed by atoms with van der Waals surface area (Å²) in [4.78, 5) is 14.2. The Labute approximate surface area is 120 Å². The summed E-state index contributed by atoms with van der Waals surface area (Å²) in [6, 6.07) is 8.02. The fourth-order valence-corrected chi connectivity index (χ4v) is 2.19. The lowest BCUT2D eigenvalue weighted by atomic mass is 10.1. The number of carbonyl (C=O) groups excluding carboxylic acids is 1. The molecular formula is C16H22N2O2. The number of hydrogen-bond acceptors (Lipinski definition) is 3. The summed E-state index contributed by atoms with van der Waals surface area (Å²) in [6.07, 6.45) is 4.50. The lowest BCUT2D eigenvalue weighted by molar-refractivity contribution is -0.129. The van der Waals surface area contributed by atoms with Crippen molar-refractivity contribution in [3.8, 4) is 5.75 Å². The van der Waals surface area contributed by atoms with Crippen LogP contribution in [0.25, 0.3) is 6.08 Å². The van der Waals surface area contributed by atoms with Gasteiger partial charge in [0.25, 0.3) is 0 Å². The van der Waals surface area contributed by atoms with E-state index in [9.17, 15) is 4.79 Å². The quantitative estimate of drug-likeness (QED) is 0.806. The van der Waals surface area contributed by atoms with Crippen molar-refractivity contribution in [3.63, 3.8) is 0 Å². The Bertz CT molecular complexity index is 464. The van der Waals surface area contributed by atoms with E-state index in [0.717, 1.165) is 37.4 Å². The van der Waals surface area contributed by atoms with Crippen LogP contribution < -0.4 is 10.1 Å². The van der Waals surface area contributed by atoms with Gasteiger partial charge in [0.05, 0.1) is 13.2 Å². The maximum Gasteiger partial charge on any atom is 0.246 e. The molecule has 1 aliphatic heterocycles. The monoisotopic (exact) mass is 274 g/mol. The van der Waals surface area contributed by atoms with Crippen molar-refractivity contribution in [2.24, 2.45) is 0 Å². The molecule has 4 nitrogen and oxygen atoms in total. The number of hydrogen-bond donors (Lipinski definition) is 1. The van der Waals surface area contributed by atoms with Crippen LogP contribution in [0.5, 0.6) is 5.75 Å². The third kappa shape index (κ3) is 3.61. The van der Waals surface area contributed by atoms with Gasteiger partial charge in [-0.2, -0.15) is 0 Å². The molecule has 0 bridgehead atoms. The summed E-state index contributed by atoms with van der Waals surface area (Å²) in [5.41, 5.74) is 1.00. The first-order valence-electron chi connectivity index (χ1n) is 7.08. The van der Waals surface area contributed by atoms with Crippen molar-refractivity contribution in [1.29, 1.82) is 0 Å². The van der Waals surface area contributed by atoms with E-state index < -0.39 is 0 Å². The van der Waals surface area contributed by atoms with Gasteiger partial charge in [-0.05, 0) is 30.2 Å². The third-order valence-corrected chi connectivity index (χ3v) is 3.48. The number of benzene rings is 1. The van der Waals surface area contributed by atoms with E-state index in [4.69, 9.17) is 4.74 Å². The molecule has 0 saturated carbocycles. The summed E-state index contributed by atoms with van der Waals surface area (Å²) in [5, 5.41) is 3.21. The minimum absolute atomic E-state index is 0.0918. The van der Waals surface area contributed by atoms with Crippen molar-refractivity contribution in [1.82, 2.24) is 10.2 Å². The van der Waals surface area contributed by atoms with Crippen LogP contribution in [0.1, 0.15) is 18.9 Å². The summed E-state index contributed by atoms with van der Waals surface area (Å²) in [6.45, 7) is 4.72. The maximum absolute atomic E-state index is 12.3. The van der Waals surface area contributed by atoms with Crippen LogP contribution in [0.2, 0.25) is 0 Å². The van der Waals surface area contributed by atoms with Crippen LogP contribution in [-0.4, -0.2) is 43.6 Å². The molecule has 1 aromatic rings. The maximum atomic E-state index is 12.3. The number of amides is 1. The van der Waals surface area contributed by atoms with Crippen molar-refractivity contribution < 1.29 is 9.53 Å². The summed E-state index contributed by atoms with van der Waals surface area (Å²) in [5.74, 6) is 0.913. The molecular weight excluding hydrogens is 252 g/mol. The molecule has 1 N–H and O–H groups in total. The van der Waals surface area contributed by atoms with Crippen molar-refractivity contribution in [3.05, 3.63) is 35.9 Å². The van der Waals surface area contributed by atoms with Gasteiger partial charge in [0.1, 0.15) is 5.75 Å². The minimum atomic E-state index is 0.0918. The van der Waals surface area contributed by atoms with Gasteiger partial charge in [-0.3, -0.25) is 4.79 Å². The normalized spacial score (nSPS) is 15.1. The van der Waals surface area contributed by atoms with Gasteiger partial charge in [0, 0.05) is 25.7 Å². The van der Waals surface area contributed by atoms with Crippen molar-refractivity contribution in [2.45, 2.75) is 19.4 Å². The molecule has 1 amide bonds. The van der Waals surface area contributed by atoms with E-state index in [2.05, 4.69) is 12.2 Å². The zero-order valence-electron chi connectivity index (χ0n) is 12.1. The predicted molar refractivity (Wildman–Crippen MR) is 80.7 cm³/mol. The number of carbonyl (C=O) groups is 1. The zero-order chi connectivity index (χ0) is 14.4. The highest BCUT2D eigenvalue weighted by molar-refractivity contribution is 5.92. The van der Waals surface area contributed by atoms with E-state index in [1.807, 2.05) is 35.2 Å². The van der Waals surface area contributed by atoms with Gasteiger partial charge in [0.2, 0.25) is 5.91 Å². The largest absolute Gasteiger partial charge is 0.497 e. The Morgan fingerprint density at radius 2 is 2.10 bits per heavy atom. The van der Waals surface area contributed by atoms with Crippen LogP contribution in [0.15, 0.2) is 30.3 Å². The second-order valence-electron chi connectivity index (χ2n) is 4.95. The van der Waals surface area contributed by atoms with Crippen LogP contribution >= 0.6 is 0 Å². The van der Waals surface area contributed by atoms with Gasteiger partial charge in [-0.1, -0.05) is 19.1 Å². The van der Waals surface area contributed by atoms with Crippen molar-refractivity contribution in [2.75, 3.05) is 26.7 Å². The smallest absolute Gasteiger partial charge is 0.246 e. The van der Waals surface area contributed by atoms with E-state index in [1.165, 1.54) is 0 Å². The van der Waals surface area contributed by atoms with Crippen LogP contribution in [-0.2, 0) is 4.79 Å². The van der Waals surface area contributed by atoms with E-state index >= 15 is 0 Å². The second-order valence-corrected chi connectivity index (χ2v) is 4.95. The molecule has 0 aromatic heterocycles. The molecule has 108 valence electrons. The number of nitrogens with zero attached hydrogens (tertiary/aromatic N) is 1. The van der Waals surface area contributed by atoms with E-state index in [-0.39, 0.29) is 5.91 Å². The molecule has 1 aliphatic rings. The lowest BCUT2D eigenvalue weighted by Crippen LogP contribution is -2.58. The Morgan fingerprint density at radius 1 is 1.40 bits per heavy atom. The summed E-state index contributed by atoms with van der Waals surface area (Å²) in [7, 11) is 1.64. The standard InChI is InChI=1S/C16H22N2O2/c1-3-10-18(14-11-17-12-14)16(19)9-6-13-4-7-15(20-2)8-5-13/h4-9,14,17H,3,10-12H2,1-2H3. The highest BCUT2D eigenvalue weighted by Crippen LogP contribution is 2.13. The van der Waals surface area contributed by atoms with Crippen LogP contribution in [0, 0.1) is 0 Å². The second kappa shape index (κ2) is 7.10. The number of nitrogens with one attached hydrogen (secondary N) is 1. The first-order valence-corrected chi connectivity index (χ1v) is 7.08. The lowest BCUT2D eigenvalue weighted by Gasteiger charge is -2.37. The molecule has 0 unspecified atom stereocenters. The van der Waals surface area contributed by atoms with Crippen LogP contribution in [0.3, 0.4) is 0 Å². The number of methoxy groups -OCH3 is 1. The first kappa shape index (κ1) is 14.6. The fourth-order valence-electron chi connectivity index (χ4n) is 2.19. The Kier molecular flexibility index (Phi) is 5.18. The number of rotatable bonds is 6. The molecule has 0 aliphatic carbocycles. The summed E-state index contributed by atoms with van der Waals surface area (Å²) < 4.78 is 5.11. The molecule has 4 heteroatoms. The van der Waals surface area contributed by atoms with Crippen LogP contribution in [0.4, 0.5) is 0 Å². The molecule has 1 heterocycles. The molecule has 2 rings (SSSR count). The van der Waals surface area contributed by atoms with Gasteiger partial charge in [0.15, 0.2) is 0 Å². The average molecular weight is 274 g/mol. The van der Waals surface area contributed by atoms with E-state index in [1.54, 1.807) is 13.2 Å². The molecule has 0 spiro atoms. The molecule has 1 fully saturated rings. The summed E-state index contributed by atoms with van der Waals surface area (Å²) >= 11 is 0.